The van der Waals surface area contributed by atoms with Gasteiger partial charge in [-0.2, -0.15) is 0 Å². The molecule has 0 aliphatic carbocycles. The minimum Gasteiger partial charge on any atom is -0.357 e. The van der Waals surface area contributed by atoms with Crippen molar-refractivity contribution < 1.29 is 12.8 Å². The van der Waals surface area contributed by atoms with Crippen LogP contribution in [0.1, 0.15) is 18.1 Å². The van der Waals surface area contributed by atoms with E-state index in [4.69, 9.17) is 0 Å². The molecule has 2 rings (SSSR count). The molecule has 0 radical (unpaired) electrons. The molecule has 0 heterocycles. The van der Waals surface area contributed by atoms with E-state index in [-0.39, 0.29) is 17.3 Å². The molecule has 152 valence electrons. The summed E-state index contributed by atoms with van der Waals surface area (Å²) in [5, 5.41) is 3.21. The summed E-state index contributed by atoms with van der Waals surface area (Å²) in [6, 6.07) is 13.2. The van der Waals surface area contributed by atoms with Gasteiger partial charge in [0.1, 0.15) is 5.82 Å². The molecule has 6 nitrogen and oxygen atoms in total. The second-order valence-corrected chi connectivity index (χ2v) is 8.67. The van der Waals surface area contributed by atoms with Crippen molar-refractivity contribution >= 4 is 16.0 Å². The van der Waals surface area contributed by atoms with Gasteiger partial charge in [0, 0.05) is 34.2 Å². The lowest BCUT2D eigenvalue weighted by Gasteiger charge is -2.22. The quantitative estimate of drug-likeness (QED) is 0.567. The summed E-state index contributed by atoms with van der Waals surface area (Å²) in [5.41, 5.74) is 1.58. The molecule has 2 aromatic carbocycles. The fourth-order valence-corrected chi connectivity index (χ4v) is 3.76. The first kappa shape index (κ1) is 21.8. The van der Waals surface area contributed by atoms with Gasteiger partial charge in [-0.15, -0.1) is 0 Å². The first-order chi connectivity index (χ1) is 13.3. The van der Waals surface area contributed by atoms with Gasteiger partial charge in [-0.1, -0.05) is 30.3 Å². The first-order valence-electron chi connectivity index (χ1n) is 9.00. The third kappa shape index (κ3) is 5.53. The maximum absolute atomic E-state index is 13.1. The Hall–Kier alpha value is -2.45. The number of halogens is 1. The fourth-order valence-electron chi connectivity index (χ4n) is 2.65. The normalized spacial score (nSPS) is 12.3. The third-order valence-corrected chi connectivity index (χ3v) is 6.08. The van der Waals surface area contributed by atoms with Crippen LogP contribution in [0.4, 0.5) is 4.39 Å². The number of aliphatic imine (C=N–C) groups is 1. The van der Waals surface area contributed by atoms with Crippen molar-refractivity contribution in [2.24, 2.45) is 4.99 Å². The molecule has 0 atom stereocenters. The summed E-state index contributed by atoms with van der Waals surface area (Å²) in [6.45, 7) is 3.40. The van der Waals surface area contributed by atoms with Crippen LogP contribution in [0.3, 0.4) is 0 Å². The zero-order valence-corrected chi connectivity index (χ0v) is 17.5. The van der Waals surface area contributed by atoms with E-state index in [0.717, 1.165) is 5.56 Å². The van der Waals surface area contributed by atoms with Crippen molar-refractivity contribution in [3.63, 3.8) is 0 Å². The summed E-state index contributed by atoms with van der Waals surface area (Å²) in [4.78, 5) is 6.77. The molecule has 0 unspecified atom stereocenters. The summed E-state index contributed by atoms with van der Waals surface area (Å²) in [5.74, 6) is 0.370. The van der Waals surface area contributed by atoms with E-state index < -0.39 is 10.0 Å². The van der Waals surface area contributed by atoms with Crippen LogP contribution in [0.15, 0.2) is 58.4 Å². The molecular formula is C20H27FN4O2S. The lowest BCUT2D eigenvalue weighted by Crippen LogP contribution is -2.38. The van der Waals surface area contributed by atoms with Crippen LogP contribution < -0.4 is 5.32 Å². The van der Waals surface area contributed by atoms with E-state index in [2.05, 4.69) is 10.3 Å². The molecule has 0 saturated carbocycles. The zero-order chi connectivity index (χ0) is 20.7. The number of sulfonamides is 1. The summed E-state index contributed by atoms with van der Waals surface area (Å²) in [6.07, 6.45) is 0. The van der Waals surface area contributed by atoms with Gasteiger partial charge < -0.3 is 10.2 Å². The van der Waals surface area contributed by atoms with E-state index in [0.29, 0.717) is 24.6 Å². The SMILES string of the molecule is CCNC(=NCc1ccccc1S(=O)(=O)N(C)C)N(C)Cc1ccc(F)cc1. The number of rotatable bonds is 7. The highest BCUT2D eigenvalue weighted by atomic mass is 32.2. The Morgan fingerprint density at radius 3 is 2.32 bits per heavy atom. The molecule has 28 heavy (non-hydrogen) atoms. The van der Waals surface area contributed by atoms with Gasteiger partial charge in [0.2, 0.25) is 10.0 Å². The van der Waals surface area contributed by atoms with E-state index in [1.165, 1.54) is 30.5 Å². The zero-order valence-electron chi connectivity index (χ0n) is 16.7. The van der Waals surface area contributed by atoms with Crippen molar-refractivity contribution in [2.75, 3.05) is 27.7 Å². The van der Waals surface area contributed by atoms with Gasteiger partial charge in [0.05, 0.1) is 11.4 Å². The largest absolute Gasteiger partial charge is 0.357 e. The molecule has 8 heteroatoms. The molecule has 0 spiro atoms. The van der Waals surface area contributed by atoms with Gasteiger partial charge in [0.25, 0.3) is 0 Å². The average Bonchev–Trinajstić information content (AvgIpc) is 2.67. The molecule has 0 bridgehead atoms. The van der Waals surface area contributed by atoms with Crippen LogP contribution in [-0.4, -0.2) is 51.3 Å². The van der Waals surface area contributed by atoms with Crippen molar-refractivity contribution in [3.05, 3.63) is 65.5 Å². The smallest absolute Gasteiger partial charge is 0.242 e. The van der Waals surface area contributed by atoms with Crippen LogP contribution in [0.2, 0.25) is 0 Å². The van der Waals surface area contributed by atoms with E-state index in [9.17, 15) is 12.8 Å². The van der Waals surface area contributed by atoms with Crippen LogP contribution in [0.5, 0.6) is 0 Å². The number of hydrogen-bond acceptors (Lipinski definition) is 3. The van der Waals surface area contributed by atoms with Crippen molar-refractivity contribution in [2.45, 2.75) is 24.9 Å². The highest BCUT2D eigenvalue weighted by Crippen LogP contribution is 2.19. The Balaban J connectivity index is 2.24. The predicted octanol–water partition coefficient (Wildman–Crippen LogP) is 2.67. The van der Waals surface area contributed by atoms with Crippen LogP contribution in [-0.2, 0) is 23.1 Å². The Bertz CT molecular complexity index is 912. The van der Waals surface area contributed by atoms with Crippen LogP contribution in [0.25, 0.3) is 0 Å². The fraction of sp³-hybridized carbons (Fsp3) is 0.350. The van der Waals surface area contributed by atoms with E-state index >= 15 is 0 Å². The Labute approximate surface area is 166 Å². The highest BCUT2D eigenvalue weighted by molar-refractivity contribution is 7.89. The van der Waals surface area contributed by atoms with Gasteiger partial charge in [-0.25, -0.2) is 22.1 Å². The Kier molecular flexibility index (Phi) is 7.53. The summed E-state index contributed by atoms with van der Waals surface area (Å²) >= 11 is 0. The Morgan fingerprint density at radius 1 is 1.07 bits per heavy atom. The topological polar surface area (TPSA) is 65.0 Å². The second-order valence-electron chi connectivity index (χ2n) is 6.55. The lowest BCUT2D eigenvalue weighted by molar-refractivity contribution is 0.476. The van der Waals surface area contributed by atoms with Crippen molar-refractivity contribution in [1.29, 1.82) is 0 Å². The molecule has 0 aliphatic rings. The van der Waals surface area contributed by atoms with Gasteiger partial charge >= 0.3 is 0 Å². The summed E-state index contributed by atoms with van der Waals surface area (Å²) in [7, 11) is 1.36. The number of benzene rings is 2. The minimum absolute atomic E-state index is 0.222. The molecular weight excluding hydrogens is 379 g/mol. The van der Waals surface area contributed by atoms with Gasteiger partial charge in [0.15, 0.2) is 5.96 Å². The number of hydrogen-bond donors (Lipinski definition) is 1. The second kappa shape index (κ2) is 9.66. The first-order valence-corrected chi connectivity index (χ1v) is 10.4. The van der Waals surface area contributed by atoms with Gasteiger partial charge in [-0.05, 0) is 36.2 Å². The molecule has 2 aromatic rings. The number of nitrogens with zero attached hydrogens (tertiary/aromatic N) is 3. The van der Waals surface area contributed by atoms with E-state index in [1.807, 2.05) is 18.9 Å². The maximum atomic E-state index is 13.1. The van der Waals surface area contributed by atoms with E-state index in [1.54, 1.807) is 36.4 Å². The van der Waals surface area contributed by atoms with Crippen LogP contribution in [0, 0.1) is 5.82 Å². The number of nitrogens with one attached hydrogen (secondary N) is 1. The standard InChI is InChI=1S/C20H27FN4O2S/c1-5-22-20(25(4)15-16-10-12-18(21)13-11-16)23-14-17-8-6-7-9-19(17)28(26,27)24(2)3/h6-13H,5,14-15H2,1-4H3,(H,22,23). The molecule has 0 aromatic heterocycles. The molecule has 0 amide bonds. The van der Waals surface area contributed by atoms with Crippen molar-refractivity contribution in [3.8, 4) is 0 Å². The molecule has 0 aliphatic heterocycles. The molecule has 0 saturated heterocycles. The van der Waals surface area contributed by atoms with Crippen molar-refractivity contribution in [1.82, 2.24) is 14.5 Å². The van der Waals surface area contributed by atoms with Gasteiger partial charge in [-0.3, -0.25) is 0 Å². The number of guanidine groups is 1. The van der Waals surface area contributed by atoms with Crippen LogP contribution >= 0.6 is 0 Å². The monoisotopic (exact) mass is 406 g/mol. The predicted molar refractivity (Wildman–Crippen MR) is 110 cm³/mol. The summed E-state index contributed by atoms with van der Waals surface area (Å²) < 4.78 is 39.4. The third-order valence-electron chi connectivity index (χ3n) is 4.16. The highest BCUT2D eigenvalue weighted by Gasteiger charge is 2.20. The molecule has 1 N–H and O–H groups in total. The Morgan fingerprint density at radius 2 is 1.71 bits per heavy atom. The molecule has 0 fully saturated rings. The lowest BCUT2D eigenvalue weighted by atomic mass is 10.2. The maximum Gasteiger partial charge on any atom is 0.242 e. The average molecular weight is 407 g/mol. The minimum atomic E-state index is -3.55.